The number of amides is 1. The normalized spacial score (nSPS) is 46.5. The maximum atomic E-state index is 12.8. The zero-order valence-electron chi connectivity index (χ0n) is 29.6. The number of carbonyl (C=O) groups excluding carboxylic acids is 1. The van der Waals surface area contributed by atoms with Crippen molar-refractivity contribution in [3.63, 3.8) is 0 Å². The number of rotatable bonds is 15. The summed E-state index contributed by atoms with van der Waals surface area (Å²) in [6, 6.07) is -3.16. The molecular formula is C30H52N2O23. The van der Waals surface area contributed by atoms with E-state index in [-0.39, 0.29) is 0 Å². The van der Waals surface area contributed by atoms with Crippen molar-refractivity contribution in [2.24, 2.45) is 5.73 Å². The number of nitrogens with one attached hydrogen (secondary N) is 1. The Morgan fingerprint density at radius 2 is 1.35 bits per heavy atom. The Balaban J connectivity index is 1.57. The van der Waals surface area contributed by atoms with Gasteiger partial charge in [0.2, 0.25) is 5.91 Å². The number of hydrogen-bond acceptors (Lipinski definition) is 23. The summed E-state index contributed by atoms with van der Waals surface area (Å²) in [7, 11) is 1.17. The van der Waals surface area contributed by atoms with E-state index in [4.69, 9.17) is 43.6 Å². The van der Waals surface area contributed by atoms with Crippen LogP contribution in [-0.2, 0) is 47.5 Å². The molecule has 0 radical (unpaired) electrons. The highest BCUT2D eigenvalue weighted by Gasteiger charge is 2.60. The molecule has 0 unspecified atom stereocenters. The molecule has 4 aliphatic heterocycles. The van der Waals surface area contributed by atoms with Gasteiger partial charge in [0, 0.05) is 20.5 Å². The van der Waals surface area contributed by atoms with Crippen LogP contribution in [0.15, 0.2) is 0 Å². The molecule has 1 amide bonds. The van der Waals surface area contributed by atoms with Crippen LogP contribution in [0.5, 0.6) is 0 Å². The molecule has 25 nitrogen and oxygen atoms in total. The third-order valence-corrected chi connectivity index (χ3v) is 9.87. The highest BCUT2D eigenvalue weighted by atomic mass is 16.8. The molecule has 4 rings (SSSR count). The second kappa shape index (κ2) is 19.2. The summed E-state index contributed by atoms with van der Waals surface area (Å²) in [6.45, 7) is -2.67. The molecule has 4 heterocycles. The smallest absolute Gasteiger partial charge is 0.364 e. The second-order valence-electron chi connectivity index (χ2n) is 13.6. The fourth-order valence-corrected chi connectivity index (χ4v) is 6.85. The predicted octanol–water partition coefficient (Wildman–Crippen LogP) is -9.78. The Bertz CT molecular complexity index is 1250. The van der Waals surface area contributed by atoms with Gasteiger partial charge in [0.05, 0.1) is 44.6 Å². The van der Waals surface area contributed by atoms with E-state index >= 15 is 0 Å². The zero-order valence-corrected chi connectivity index (χ0v) is 29.6. The largest absolute Gasteiger partial charge is 0.477 e. The molecule has 0 bridgehead atoms. The first-order chi connectivity index (χ1) is 25.9. The number of aliphatic carboxylic acids is 1. The molecule has 0 aromatic carbocycles. The van der Waals surface area contributed by atoms with E-state index in [2.05, 4.69) is 5.32 Å². The number of carbonyl (C=O) groups is 2. The Kier molecular flexibility index (Phi) is 16.0. The minimum Gasteiger partial charge on any atom is -0.477 e. The van der Waals surface area contributed by atoms with E-state index in [1.54, 1.807) is 0 Å². The van der Waals surface area contributed by atoms with E-state index < -0.39 is 173 Å². The molecule has 21 atom stereocenters. The van der Waals surface area contributed by atoms with Crippen molar-refractivity contribution >= 4 is 11.9 Å². The SMILES string of the molecule is CO[C@@H]1O[C@H](CO)[C@@H](O)[C@H](O)[C@@H]1O[C@@H]1O[C@H](CO)[C@@H](O[C@@H]2O[C@H](CO)[C@H](O)[C@H](O[C@]3(C(=O)O)C[C@H](O)[C@@H](NC(C)=O)[C@H]([C@H](O)[C@H](O)CO)O3)[C@H]2O)[C@H](O)[C@H]1N. The average molecular weight is 809 g/mol. The lowest BCUT2D eigenvalue weighted by Crippen LogP contribution is -2.71. The summed E-state index contributed by atoms with van der Waals surface area (Å²) in [5, 5.41) is 138. The molecule has 55 heavy (non-hydrogen) atoms. The van der Waals surface area contributed by atoms with Crippen LogP contribution in [0.2, 0.25) is 0 Å². The van der Waals surface area contributed by atoms with Crippen molar-refractivity contribution in [1.82, 2.24) is 5.32 Å². The molecular weight excluding hydrogens is 756 g/mol. The van der Waals surface area contributed by atoms with Gasteiger partial charge in [-0.15, -0.1) is 0 Å². The highest BCUT2D eigenvalue weighted by Crippen LogP contribution is 2.38. The fourth-order valence-electron chi connectivity index (χ4n) is 6.85. The quantitative estimate of drug-likeness (QED) is 0.0730. The van der Waals surface area contributed by atoms with Crippen molar-refractivity contribution in [3.05, 3.63) is 0 Å². The predicted molar refractivity (Wildman–Crippen MR) is 169 cm³/mol. The van der Waals surface area contributed by atoms with E-state index in [9.17, 15) is 76.0 Å². The van der Waals surface area contributed by atoms with Crippen molar-refractivity contribution in [2.45, 2.75) is 142 Å². The topological polar surface area (TPSA) is 409 Å². The summed E-state index contributed by atoms with van der Waals surface area (Å²) < 4.78 is 44.4. The zero-order chi connectivity index (χ0) is 41.1. The van der Waals surface area contributed by atoms with Gasteiger partial charge in [-0.25, -0.2) is 4.79 Å². The number of aliphatic hydroxyl groups is 12. The van der Waals surface area contributed by atoms with Crippen LogP contribution in [0.25, 0.3) is 0 Å². The Hall–Kier alpha value is -1.90. The van der Waals surface area contributed by atoms with E-state index in [1.807, 2.05) is 0 Å². The highest BCUT2D eigenvalue weighted by molar-refractivity contribution is 5.76. The number of nitrogens with two attached hydrogens (primary N) is 1. The summed E-state index contributed by atoms with van der Waals surface area (Å²) >= 11 is 0. The number of ether oxygens (including phenoxy) is 8. The van der Waals surface area contributed by atoms with Gasteiger partial charge in [-0.2, -0.15) is 0 Å². The molecule has 4 aliphatic rings. The van der Waals surface area contributed by atoms with Gasteiger partial charge in [-0.3, -0.25) is 4.79 Å². The molecule has 4 fully saturated rings. The van der Waals surface area contributed by atoms with Gasteiger partial charge >= 0.3 is 5.97 Å². The molecule has 0 spiro atoms. The lowest BCUT2D eigenvalue weighted by Gasteiger charge is -2.51. The molecule has 0 saturated carbocycles. The van der Waals surface area contributed by atoms with E-state index in [0.29, 0.717) is 0 Å². The molecule has 320 valence electrons. The van der Waals surface area contributed by atoms with Crippen LogP contribution in [0.3, 0.4) is 0 Å². The monoisotopic (exact) mass is 808 g/mol. The molecule has 0 aliphatic carbocycles. The maximum absolute atomic E-state index is 12.8. The van der Waals surface area contributed by atoms with Crippen LogP contribution in [0.4, 0.5) is 0 Å². The van der Waals surface area contributed by atoms with Crippen LogP contribution in [0.1, 0.15) is 13.3 Å². The Morgan fingerprint density at radius 3 is 1.89 bits per heavy atom. The first-order valence-corrected chi connectivity index (χ1v) is 17.2. The lowest BCUT2D eigenvalue weighted by atomic mass is 9.88. The van der Waals surface area contributed by atoms with Crippen LogP contribution >= 0.6 is 0 Å². The summed E-state index contributed by atoms with van der Waals surface area (Å²) in [4.78, 5) is 24.6. The molecule has 0 aromatic rings. The van der Waals surface area contributed by atoms with Gasteiger partial charge in [0.1, 0.15) is 85.5 Å². The fraction of sp³-hybridized carbons (Fsp3) is 0.933. The molecule has 16 N–H and O–H groups in total. The number of hydrogen-bond donors (Lipinski definition) is 15. The van der Waals surface area contributed by atoms with Crippen LogP contribution < -0.4 is 11.1 Å². The van der Waals surface area contributed by atoms with Crippen molar-refractivity contribution in [2.75, 3.05) is 33.5 Å². The van der Waals surface area contributed by atoms with Gasteiger partial charge in [-0.05, 0) is 0 Å². The minimum absolute atomic E-state index is 0.687. The average Bonchev–Trinajstić information content (AvgIpc) is 3.15. The van der Waals surface area contributed by atoms with E-state index in [0.717, 1.165) is 6.92 Å². The Labute approximate surface area is 312 Å². The number of aliphatic hydroxyl groups excluding tert-OH is 12. The third-order valence-electron chi connectivity index (χ3n) is 9.87. The number of carboxylic acids is 1. The Morgan fingerprint density at radius 1 is 0.782 bits per heavy atom. The molecule has 4 saturated heterocycles. The van der Waals surface area contributed by atoms with Crippen LogP contribution in [-0.4, -0.2) is 240 Å². The number of carboxylic acid groups (broad SMARTS) is 1. The van der Waals surface area contributed by atoms with Crippen molar-refractivity contribution in [3.8, 4) is 0 Å². The van der Waals surface area contributed by atoms with Crippen molar-refractivity contribution in [1.29, 1.82) is 0 Å². The van der Waals surface area contributed by atoms with Gasteiger partial charge in [0.25, 0.3) is 5.79 Å². The first-order valence-electron chi connectivity index (χ1n) is 17.2. The summed E-state index contributed by atoms with van der Waals surface area (Å²) in [6.07, 6.45) is -33.6. The lowest BCUT2D eigenvalue weighted by molar-refractivity contribution is -0.387. The second-order valence-corrected chi connectivity index (χ2v) is 13.6. The molecule has 0 aromatic heterocycles. The van der Waals surface area contributed by atoms with Gasteiger partial charge in [0.15, 0.2) is 18.9 Å². The standard InChI is InChI=1S/C30H52N2O23/c1-8(37)32-15-9(38)3-30(29(46)47,54-23(15)16(40)10(39)4-33)55-24-18(42)12(6-35)49-27(21(24)45)52-22-13(7-36)51-26(14(31)19(22)43)53-25-20(44)17(41)11(5-34)50-28(25)48-2/h9-28,33-36,38-45H,3-7,31H2,1-2H3,(H,32,37)(H,46,47)/t9-,10+,11+,12+,13+,14+,15+,16+,17+,18-,19+,20-,21+,22+,23+,24-,25-,26-,27-,28+,30-/m0/s1. The van der Waals surface area contributed by atoms with Crippen LogP contribution in [0, 0.1) is 0 Å². The summed E-state index contributed by atoms with van der Waals surface area (Å²) in [5.41, 5.74) is 6.19. The number of methoxy groups -OCH3 is 1. The third kappa shape index (κ3) is 9.54. The molecule has 25 heteroatoms. The van der Waals surface area contributed by atoms with E-state index in [1.165, 1.54) is 7.11 Å². The maximum Gasteiger partial charge on any atom is 0.364 e. The minimum atomic E-state index is -3.07. The summed E-state index contributed by atoms with van der Waals surface area (Å²) in [5.74, 6) is -5.84. The first kappa shape index (κ1) is 45.8. The van der Waals surface area contributed by atoms with Crippen molar-refractivity contribution < 1.29 is 114 Å². The van der Waals surface area contributed by atoms with Gasteiger partial charge in [-0.1, -0.05) is 0 Å². The van der Waals surface area contributed by atoms with Gasteiger partial charge < -0.3 is 115 Å².